The number of hydrogen-bond acceptors (Lipinski definition) is 3. The minimum atomic E-state index is 0. The van der Waals surface area contributed by atoms with Gasteiger partial charge in [-0.3, -0.25) is 9.97 Å². The summed E-state index contributed by atoms with van der Waals surface area (Å²) in [6.45, 7) is 0. The summed E-state index contributed by atoms with van der Waals surface area (Å²) in [6.07, 6.45) is 3.30. The van der Waals surface area contributed by atoms with E-state index in [1.165, 1.54) is 0 Å². The Morgan fingerprint density at radius 2 is 1.85 bits per heavy atom. The van der Waals surface area contributed by atoms with Gasteiger partial charge >= 0.3 is 0 Å². The van der Waals surface area contributed by atoms with Crippen LogP contribution < -0.4 is 5.73 Å². The lowest BCUT2D eigenvalue weighted by atomic mass is 10.3. The summed E-state index contributed by atoms with van der Waals surface area (Å²) in [5, 5.41) is 0. The van der Waals surface area contributed by atoms with E-state index >= 15 is 0 Å². The molecule has 68 valence electrons. The van der Waals surface area contributed by atoms with Crippen molar-refractivity contribution in [2.75, 3.05) is 5.73 Å². The van der Waals surface area contributed by atoms with Gasteiger partial charge in [-0.15, -0.1) is 17.0 Å². The molecule has 0 unspecified atom stereocenters. The number of halogens is 2. The van der Waals surface area contributed by atoms with Crippen LogP contribution in [0, 0.1) is 0 Å². The molecule has 0 aliphatic heterocycles. The fourth-order valence-electron chi connectivity index (χ4n) is 1.02. The van der Waals surface area contributed by atoms with Gasteiger partial charge in [-0.1, -0.05) is 0 Å². The van der Waals surface area contributed by atoms with E-state index in [0.717, 1.165) is 15.5 Å². The molecule has 5 heteroatoms. The third-order valence-electron chi connectivity index (χ3n) is 1.61. The van der Waals surface area contributed by atoms with Crippen LogP contribution in [0.5, 0.6) is 0 Å². The zero-order valence-electron chi connectivity index (χ0n) is 6.57. The summed E-state index contributed by atoms with van der Waals surface area (Å²) in [5.41, 5.74) is 8.00. The second kappa shape index (κ2) is 4.02. The van der Waals surface area contributed by atoms with E-state index in [9.17, 15) is 0 Å². The van der Waals surface area contributed by atoms with Gasteiger partial charge in [0.2, 0.25) is 0 Å². The van der Waals surface area contributed by atoms with Crippen LogP contribution in [0.25, 0.3) is 11.0 Å². The number of fused-ring (bicyclic) bond motifs is 1. The van der Waals surface area contributed by atoms with Crippen LogP contribution in [0.3, 0.4) is 0 Å². The molecule has 0 bridgehead atoms. The number of nitrogens with two attached hydrogens (primary N) is 1. The summed E-state index contributed by atoms with van der Waals surface area (Å²) in [7, 11) is 0. The molecular weight excluding hydrogens is 298 g/mol. The highest BCUT2D eigenvalue weighted by Crippen LogP contribution is 2.25. The number of nitrogens with zero attached hydrogens (tertiary/aromatic N) is 2. The monoisotopic (exact) mass is 303 g/mol. The topological polar surface area (TPSA) is 51.8 Å². The summed E-state index contributed by atoms with van der Waals surface area (Å²) < 4.78 is 0.813. The highest BCUT2D eigenvalue weighted by Gasteiger charge is 2.02. The Balaban J connectivity index is 0.000000845. The van der Waals surface area contributed by atoms with E-state index in [4.69, 9.17) is 5.73 Å². The number of nitrogen functional groups attached to an aromatic ring is 1. The van der Waals surface area contributed by atoms with E-state index in [0.29, 0.717) is 5.69 Å². The van der Waals surface area contributed by atoms with Crippen LogP contribution in [-0.2, 0) is 0 Å². The van der Waals surface area contributed by atoms with Gasteiger partial charge in [-0.05, 0) is 28.1 Å². The first-order valence-electron chi connectivity index (χ1n) is 3.44. The highest BCUT2D eigenvalue weighted by molar-refractivity contribution is 9.10. The van der Waals surface area contributed by atoms with Gasteiger partial charge in [0.05, 0.1) is 9.99 Å². The average Bonchev–Trinajstić information content (AvgIpc) is 2.12. The lowest BCUT2D eigenvalue weighted by Gasteiger charge is -2.00. The van der Waals surface area contributed by atoms with Crippen molar-refractivity contribution in [3.8, 4) is 0 Å². The summed E-state index contributed by atoms with van der Waals surface area (Å²) in [6, 6.07) is 3.66. The lowest BCUT2D eigenvalue weighted by Crippen LogP contribution is -1.89. The van der Waals surface area contributed by atoms with Gasteiger partial charge in [0.15, 0.2) is 0 Å². The largest absolute Gasteiger partial charge is 0.398 e. The van der Waals surface area contributed by atoms with Crippen molar-refractivity contribution < 1.29 is 0 Å². The molecule has 1 aromatic heterocycles. The molecule has 0 aliphatic carbocycles. The van der Waals surface area contributed by atoms with Crippen LogP contribution >= 0.6 is 32.9 Å². The predicted octanol–water partition coefficient (Wildman–Crippen LogP) is 2.55. The van der Waals surface area contributed by atoms with Crippen LogP contribution in [0.1, 0.15) is 0 Å². The maximum absolute atomic E-state index is 5.67. The molecule has 2 N–H and O–H groups in total. The standard InChI is InChI=1S/C8H6BrN3.BrH/c9-7-5(10)1-2-6-8(7)12-4-3-11-6;/h1-4H,10H2;1H. The first-order valence-corrected chi connectivity index (χ1v) is 4.23. The Labute approximate surface area is 94.3 Å². The van der Waals surface area contributed by atoms with E-state index in [1.54, 1.807) is 18.5 Å². The second-order valence-corrected chi connectivity index (χ2v) is 3.19. The van der Waals surface area contributed by atoms with Crippen molar-refractivity contribution in [2.45, 2.75) is 0 Å². The zero-order valence-corrected chi connectivity index (χ0v) is 9.87. The molecule has 3 nitrogen and oxygen atoms in total. The Hall–Kier alpha value is -0.680. The molecule has 0 spiro atoms. The van der Waals surface area contributed by atoms with Gasteiger partial charge in [0.25, 0.3) is 0 Å². The minimum Gasteiger partial charge on any atom is -0.398 e. The maximum atomic E-state index is 5.67. The molecule has 13 heavy (non-hydrogen) atoms. The molecule has 2 aromatic rings. The normalized spacial score (nSPS) is 9.62. The predicted molar refractivity (Wildman–Crippen MR) is 62.0 cm³/mol. The van der Waals surface area contributed by atoms with Crippen molar-refractivity contribution in [1.29, 1.82) is 0 Å². The summed E-state index contributed by atoms with van der Waals surface area (Å²) in [4.78, 5) is 8.29. The second-order valence-electron chi connectivity index (χ2n) is 2.39. The molecule has 0 amide bonds. The molecule has 0 atom stereocenters. The van der Waals surface area contributed by atoms with Crippen LogP contribution in [0.2, 0.25) is 0 Å². The quantitative estimate of drug-likeness (QED) is 0.761. The molecular formula is C8H7Br2N3. The fraction of sp³-hybridized carbons (Fsp3) is 0. The number of hydrogen-bond donors (Lipinski definition) is 1. The number of rotatable bonds is 0. The summed E-state index contributed by atoms with van der Waals surface area (Å²) in [5.74, 6) is 0. The number of benzene rings is 1. The van der Waals surface area contributed by atoms with Gasteiger partial charge in [-0.25, -0.2) is 0 Å². The van der Waals surface area contributed by atoms with Crippen molar-refractivity contribution in [3.05, 3.63) is 29.0 Å². The fourth-order valence-corrected chi connectivity index (χ4v) is 1.46. The molecule has 0 saturated carbocycles. The first-order chi connectivity index (χ1) is 5.79. The average molecular weight is 305 g/mol. The van der Waals surface area contributed by atoms with E-state index < -0.39 is 0 Å². The van der Waals surface area contributed by atoms with Crippen molar-refractivity contribution in [2.24, 2.45) is 0 Å². The van der Waals surface area contributed by atoms with Gasteiger partial charge in [0, 0.05) is 18.1 Å². The third kappa shape index (κ3) is 1.81. The highest BCUT2D eigenvalue weighted by atomic mass is 79.9. The smallest absolute Gasteiger partial charge is 0.105 e. The molecule has 0 aliphatic rings. The zero-order chi connectivity index (χ0) is 8.55. The Morgan fingerprint density at radius 1 is 1.15 bits per heavy atom. The minimum absolute atomic E-state index is 0. The molecule has 2 rings (SSSR count). The van der Waals surface area contributed by atoms with Crippen molar-refractivity contribution >= 4 is 49.6 Å². The third-order valence-corrected chi connectivity index (χ3v) is 2.44. The van der Waals surface area contributed by atoms with E-state index in [2.05, 4.69) is 25.9 Å². The van der Waals surface area contributed by atoms with Crippen LogP contribution in [0.4, 0.5) is 5.69 Å². The number of anilines is 1. The Morgan fingerprint density at radius 3 is 2.62 bits per heavy atom. The van der Waals surface area contributed by atoms with Crippen LogP contribution in [0.15, 0.2) is 29.0 Å². The summed E-state index contributed by atoms with van der Waals surface area (Å²) >= 11 is 3.35. The van der Waals surface area contributed by atoms with Crippen LogP contribution in [-0.4, -0.2) is 9.97 Å². The van der Waals surface area contributed by atoms with Crippen molar-refractivity contribution in [1.82, 2.24) is 9.97 Å². The SMILES string of the molecule is Br.Nc1ccc2nccnc2c1Br. The van der Waals surface area contributed by atoms with Gasteiger partial charge < -0.3 is 5.73 Å². The molecule has 1 aromatic carbocycles. The molecule has 0 radical (unpaired) electrons. The Kier molecular flexibility index (Phi) is 3.22. The maximum Gasteiger partial charge on any atom is 0.105 e. The first kappa shape index (κ1) is 10.4. The van der Waals surface area contributed by atoms with Gasteiger partial charge in [-0.2, -0.15) is 0 Å². The number of aromatic nitrogens is 2. The lowest BCUT2D eigenvalue weighted by molar-refractivity contribution is 1.29. The Bertz CT molecular complexity index is 431. The van der Waals surface area contributed by atoms with Gasteiger partial charge in [0.1, 0.15) is 5.52 Å². The van der Waals surface area contributed by atoms with Crippen molar-refractivity contribution in [3.63, 3.8) is 0 Å². The molecule has 0 saturated heterocycles. The van der Waals surface area contributed by atoms with E-state index in [1.807, 2.05) is 6.07 Å². The molecule has 1 heterocycles. The van der Waals surface area contributed by atoms with E-state index in [-0.39, 0.29) is 17.0 Å². The molecule has 0 fully saturated rings.